The number of hydrogen-bond donors (Lipinski definition) is 1. The van der Waals surface area contributed by atoms with E-state index in [-0.39, 0.29) is 5.91 Å². The predicted molar refractivity (Wildman–Crippen MR) is 94.4 cm³/mol. The molecule has 0 aliphatic heterocycles. The van der Waals surface area contributed by atoms with Crippen molar-refractivity contribution in [3.05, 3.63) is 30.6 Å². The Labute approximate surface area is 141 Å². The highest BCUT2D eigenvalue weighted by Crippen LogP contribution is 2.30. The predicted octanol–water partition coefficient (Wildman–Crippen LogP) is 3.66. The van der Waals surface area contributed by atoms with Gasteiger partial charge in [-0.3, -0.25) is 4.79 Å². The van der Waals surface area contributed by atoms with Crippen molar-refractivity contribution in [2.24, 2.45) is 11.8 Å². The Morgan fingerprint density at radius 2 is 2.09 bits per heavy atom. The molecule has 1 aliphatic carbocycles. The minimum atomic E-state index is 0.101. The maximum Gasteiger partial charge on any atom is 0.230 e. The molecule has 5 heteroatoms. The molecule has 4 nitrogen and oxygen atoms in total. The van der Waals surface area contributed by atoms with Crippen molar-refractivity contribution in [1.82, 2.24) is 15.3 Å². The Morgan fingerprint density at radius 1 is 1.26 bits per heavy atom. The van der Waals surface area contributed by atoms with Crippen LogP contribution in [0.3, 0.4) is 0 Å². The number of hydrogen-bond acceptors (Lipinski definition) is 4. The van der Waals surface area contributed by atoms with E-state index in [2.05, 4.69) is 29.1 Å². The summed E-state index contributed by atoms with van der Waals surface area (Å²) in [6.45, 7) is 4.53. The number of nitrogens with one attached hydrogen (secondary N) is 1. The summed E-state index contributed by atoms with van der Waals surface area (Å²) in [5.41, 5.74) is 0.917. The number of benzene rings is 1. The SMILES string of the molecule is C[C@@H]1[C@@H](C)CCC[C@H]1NC(=O)CSc1ncnc2ccccc12. The van der Waals surface area contributed by atoms with Crippen molar-refractivity contribution in [2.75, 3.05) is 5.75 Å². The molecule has 1 heterocycles. The van der Waals surface area contributed by atoms with E-state index in [4.69, 9.17) is 0 Å². The molecule has 1 amide bonds. The lowest BCUT2D eigenvalue weighted by atomic mass is 9.78. The number of carbonyl (C=O) groups excluding carboxylic acids is 1. The van der Waals surface area contributed by atoms with Gasteiger partial charge in [0.2, 0.25) is 5.91 Å². The van der Waals surface area contributed by atoms with Gasteiger partial charge in [0.25, 0.3) is 0 Å². The van der Waals surface area contributed by atoms with Gasteiger partial charge in [-0.05, 0) is 24.3 Å². The van der Waals surface area contributed by atoms with Crippen LogP contribution in [-0.2, 0) is 4.79 Å². The van der Waals surface area contributed by atoms with Crippen molar-refractivity contribution in [2.45, 2.75) is 44.2 Å². The second-order valence-electron chi connectivity index (χ2n) is 6.43. The largest absolute Gasteiger partial charge is 0.352 e. The Bertz CT molecular complexity index is 686. The van der Waals surface area contributed by atoms with Gasteiger partial charge in [0.05, 0.1) is 11.3 Å². The molecule has 0 saturated heterocycles. The number of para-hydroxylation sites is 1. The third-order valence-corrected chi connectivity index (χ3v) is 5.90. The first kappa shape index (κ1) is 16.2. The number of nitrogens with zero attached hydrogens (tertiary/aromatic N) is 2. The fourth-order valence-electron chi connectivity index (χ4n) is 3.26. The van der Waals surface area contributed by atoms with Crippen molar-refractivity contribution >= 4 is 28.6 Å². The smallest absolute Gasteiger partial charge is 0.230 e. The first-order valence-electron chi connectivity index (χ1n) is 8.27. The monoisotopic (exact) mass is 329 g/mol. The molecule has 1 aromatic heterocycles. The maximum absolute atomic E-state index is 12.3. The second-order valence-corrected chi connectivity index (χ2v) is 7.39. The molecule has 122 valence electrons. The van der Waals surface area contributed by atoms with Crippen molar-refractivity contribution < 1.29 is 4.79 Å². The maximum atomic E-state index is 12.3. The lowest BCUT2D eigenvalue weighted by molar-refractivity contribution is -0.119. The first-order chi connectivity index (χ1) is 11.1. The third-order valence-electron chi connectivity index (χ3n) is 4.90. The van der Waals surface area contributed by atoms with Gasteiger partial charge in [0.15, 0.2) is 0 Å². The second kappa shape index (κ2) is 7.30. The van der Waals surface area contributed by atoms with E-state index < -0.39 is 0 Å². The summed E-state index contributed by atoms with van der Waals surface area (Å²) in [7, 11) is 0. The van der Waals surface area contributed by atoms with Crippen LogP contribution in [-0.4, -0.2) is 27.7 Å². The zero-order valence-electron chi connectivity index (χ0n) is 13.7. The summed E-state index contributed by atoms with van der Waals surface area (Å²) in [6.07, 6.45) is 5.14. The number of thioether (sulfide) groups is 1. The van der Waals surface area contributed by atoms with E-state index in [0.29, 0.717) is 23.6 Å². The van der Waals surface area contributed by atoms with Gasteiger partial charge >= 0.3 is 0 Å². The number of rotatable bonds is 4. The number of fused-ring (bicyclic) bond motifs is 1. The van der Waals surface area contributed by atoms with E-state index in [1.54, 1.807) is 6.33 Å². The first-order valence-corrected chi connectivity index (χ1v) is 9.25. The molecule has 0 bridgehead atoms. The Kier molecular flexibility index (Phi) is 5.16. The summed E-state index contributed by atoms with van der Waals surface area (Å²) in [5.74, 6) is 1.74. The van der Waals surface area contributed by atoms with Crippen LogP contribution in [0.2, 0.25) is 0 Å². The molecular weight excluding hydrogens is 306 g/mol. The van der Waals surface area contributed by atoms with Crippen molar-refractivity contribution in [3.8, 4) is 0 Å². The summed E-state index contributed by atoms with van der Waals surface area (Å²) >= 11 is 1.49. The van der Waals surface area contributed by atoms with E-state index in [0.717, 1.165) is 22.3 Å². The van der Waals surface area contributed by atoms with Gasteiger partial charge in [-0.25, -0.2) is 9.97 Å². The van der Waals surface area contributed by atoms with Crippen LogP contribution in [0.5, 0.6) is 0 Å². The fraction of sp³-hybridized carbons (Fsp3) is 0.500. The van der Waals surface area contributed by atoms with Gasteiger partial charge in [0.1, 0.15) is 11.4 Å². The highest BCUT2D eigenvalue weighted by atomic mass is 32.2. The molecule has 1 aliphatic rings. The van der Waals surface area contributed by atoms with Gasteiger partial charge in [-0.2, -0.15) is 0 Å². The topological polar surface area (TPSA) is 54.9 Å². The van der Waals surface area contributed by atoms with E-state index in [1.165, 1.54) is 24.6 Å². The van der Waals surface area contributed by atoms with Gasteiger partial charge in [-0.15, -0.1) is 0 Å². The molecule has 3 atom stereocenters. The normalized spacial score (nSPS) is 24.5. The molecule has 23 heavy (non-hydrogen) atoms. The Morgan fingerprint density at radius 3 is 2.96 bits per heavy atom. The molecule has 2 aromatic rings. The number of aromatic nitrogens is 2. The quantitative estimate of drug-likeness (QED) is 0.687. The molecule has 1 N–H and O–H groups in total. The average Bonchev–Trinajstić information content (AvgIpc) is 2.57. The summed E-state index contributed by atoms with van der Waals surface area (Å²) in [4.78, 5) is 20.9. The molecule has 0 radical (unpaired) electrons. The zero-order chi connectivity index (χ0) is 16.2. The van der Waals surface area contributed by atoms with Crippen LogP contribution < -0.4 is 5.32 Å². The van der Waals surface area contributed by atoms with E-state index in [9.17, 15) is 4.79 Å². The van der Waals surface area contributed by atoms with Crippen LogP contribution in [0.25, 0.3) is 10.9 Å². The molecule has 1 aromatic carbocycles. The average molecular weight is 329 g/mol. The van der Waals surface area contributed by atoms with E-state index in [1.807, 2.05) is 24.3 Å². The summed E-state index contributed by atoms with van der Waals surface area (Å²) in [6, 6.07) is 8.21. The van der Waals surface area contributed by atoms with Gasteiger partial charge in [0, 0.05) is 11.4 Å². The van der Waals surface area contributed by atoms with Crippen molar-refractivity contribution in [1.29, 1.82) is 0 Å². The van der Waals surface area contributed by atoms with Gasteiger partial charge < -0.3 is 5.32 Å². The molecule has 0 spiro atoms. The molecular formula is C18H23N3OS. The van der Waals surface area contributed by atoms with Crippen LogP contribution >= 0.6 is 11.8 Å². The van der Waals surface area contributed by atoms with Crippen LogP contribution in [0.15, 0.2) is 35.6 Å². The minimum absolute atomic E-state index is 0.101. The van der Waals surface area contributed by atoms with Gasteiger partial charge in [-0.1, -0.05) is 56.7 Å². The van der Waals surface area contributed by atoms with Crippen LogP contribution in [0.4, 0.5) is 0 Å². The third kappa shape index (κ3) is 3.83. The number of carbonyl (C=O) groups is 1. The molecule has 1 fully saturated rings. The van der Waals surface area contributed by atoms with Crippen LogP contribution in [0.1, 0.15) is 33.1 Å². The minimum Gasteiger partial charge on any atom is -0.352 e. The lowest BCUT2D eigenvalue weighted by Crippen LogP contribution is -2.44. The highest BCUT2D eigenvalue weighted by Gasteiger charge is 2.28. The zero-order valence-corrected chi connectivity index (χ0v) is 14.5. The Hall–Kier alpha value is -1.62. The van der Waals surface area contributed by atoms with Crippen LogP contribution in [0, 0.1) is 11.8 Å². The molecule has 0 unspecified atom stereocenters. The highest BCUT2D eigenvalue weighted by molar-refractivity contribution is 8.00. The summed E-state index contributed by atoms with van der Waals surface area (Å²) in [5, 5.41) is 5.09. The Balaban J connectivity index is 1.60. The van der Waals surface area contributed by atoms with E-state index >= 15 is 0 Å². The fourth-order valence-corrected chi connectivity index (χ4v) is 4.06. The standard InChI is InChI=1S/C18H23N3OS/c1-12-6-5-9-15(13(12)2)21-17(22)10-23-18-14-7-3-4-8-16(14)19-11-20-18/h3-4,7-8,11-13,15H,5-6,9-10H2,1-2H3,(H,21,22)/t12-,13+,15+/m0/s1. The van der Waals surface area contributed by atoms with Crippen molar-refractivity contribution in [3.63, 3.8) is 0 Å². The lowest BCUT2D eigenvalue weighted by Gasteiger charge is -2.34. The number of amides is 1. The molecule has 3 rings (SSSR count). The molecule has 1 saturated carbocycles. The summed E-state index contributed by atoms with van der Waals surface area (Å²) < 4.78 is 0.